The molecule has 1 aromatic carbocycles. The van der Waals surface area contributed by atoms with E-state index in [-0.39, 0.29) is 4.90 Å². The van der Waals surface area contributed by atoms with E-state index in [1.54, 1.807) is 12.1 Å². The molecule has 1 aromatic rings. The van der Waals surface area contributed by atoms with Gasteiger partial charge in [0.2, 0.25) is 10.0 Å². The summed E-state index contributed by atoms with van der Waals surface area (Å²) in [7, 11) is -3.66. The number of hydrogen-bond acceptors (Lipinski definition) is 3. The monoisotopic (exact) mass is 298 g/mol. The van der Waals surface area contributed by atoms with Crippen LogP contribution in [0.1, 0.15) is 50.7 Å². The Balaban J connectivity index is 2.91. The van der Waals surface area contributed by atoms with Crippen molar-refractivity contribution in [1.82, 2.24) is 0 Å². The summed E-state index contributed by atoms with van der Waals surface area (Å²) in [6.45, 7) is 8.19. The summed E-state index contributed by atoms with van der Waals surface area (Å²) < 4.78 is 23.0. The molecule has 0 spiro atoms. The van der Waals surface area contributed by atoms with Gasteiger partial charge in [-0.3, -0.25) is 0 Å². The molecule has 1 unspecified atom stereocenters. The van der Waals surface area contributed by atoms with Crippen molar-refractivity contribution < 1.29 is 8.42 Å². The van der Waals surface area contributed by atoms with Crippen LogP contribution in [0.15, 0.2) is 17.0 Å². The minimum atomic E-state index is -3.66. The van der Waals surface area contributed by atoms with E-state index in [0.717, 1.165) is 23.2 Å². The Kier molecular flexibility index (Phi) is 6.02. The molecular formula is C15H26N2O2S. The zero-order valence-electron chi connectivity index (χ0n) is 12.9. The number of primary sulfonamides is 1. The number of rotatable bonds is 7. The maximum absolute atomic E-state index is 11.5. The van der Waals surface area contributed by atoms with E-state index >= 15 is 0 Å². The van der Waals surface area contributed by atoms with Crippen molar-refractivity contribution >= 4 is 15.7 Å². The van der Waals surface area contributed by atoms with Gasteiger partial charge in [0.05, 0.1) is 4.90 Å². The zero-order chi connectivity index (χ0) is 15.3. The summed E-state index contributed by atoms with van der Waals surface area (Å²) in [6, 6.07) is 3.57. The topological polar surface area (TPSA) is 72.2 Å². The lowest BCUT2D eigenvalue weighted by atomic mass is 10.1. The van der Waals surface area contributed by atoms with Gasteiger partial charge in [-0.1, -0.05) is 26.2 Å². The number of anilines is 1. The Labute approximate surface area is 122 Å². The lowest BCUT2D eigenvalue weighted by molar-refractivity contribution is 0.597. The van der Waals surface area contributed by atoms with Gasteiger partial charge in [-0.2, -0.15) is 0 Å². The van der Waals surface area contributed by atoms with Crippen LogP contribution >= 0.6 is 0 Å². The smallest absolute Gasteiger partial charge is 0.238 e. The van der Waals surface area contributed by atoms with Crippen molar-refractivity contribution in [2.45, 2.75) is 64.3 Å². The van der Waals surface area contributed by atoms with E-state index < -0.39 is 10.0 Å². The van der Waals surface area contributed by atoms with Gasteiger partial charge in [-0.15, -0.1) is 0 Å². The second kappa shape index (κ2) is 7.09. The first-order chi connectivity index (χ1) is 9.25. The SMILES string of the molecule is CCCCCC(C)Nc1cc(S(N)(=O)=O)cc(C)c1C. The molecule has 114 valence electrons. The van der Waals surface area contributed by atoms with Crippen LogP contribution in [-0.4, -0.2) is 14.5 Å². The number of benzene rings is 1. The largest absolute Gasteiger partial charge is 0.382 e. The number of nitrogens with two attached hydrogens (primary N) is 1. The van der Waals surface area contributed by atoms with E-state index in [4.69, 9.17) is 5.14 Å². The number of hydrogen-bond donors (Lipinski definition) is 2. The quantitative estimate of drug-likeness (QED) is 0.758. The average Bonchev–Trinajstić information content (AvgIpc) is 2.33. The summed E-state index contributed by atoms with van der Waals surface area (Å²) in [5.41, 5.74) is 2.86. The van der Waals surface area contributed by atoms with Crippen LogP contribution in [0.4, 0.5) is 5.69 Å². The standard InChI is InChI=1S/C15H26N2O2S/c1-5-6-7-8-12(3)17-15-10-14(20(16,18)19)9-11(2)13(15)4/h9-10,12,17H,5-8H2,1-4H3,(H2,16,18,19). The molecule has 0 aliphatic carbocycles. The molecule has 0 saturated heterocycles. The lowest BCUT2D eigenvalue weighted by Crippen LogP contribution is -2.18. The number of unbranched alkanes of at least 4 members (excludes halogenated alkanes) is 2. The molecule has 0 fully saturated rings. The molecule has 0 amide bonds. The van der Waals surface area contributed by atoms with Crippen molar-refractivity contribution in [2.75, 3.05) is 5.32 Å². The van der Waals surface area contributed by atoms with Crippen molar-refractivity contribution in [1.29, 1.82) is 0 Å². The third-order valence-corrected chi connectivity index (χ3v) is 4.50. The van der Waals surface area contributed by atoms with E-state index in [2.05, 4.69) is 19.2 Å². The van der Waals surface area contributed by atoms with E-state index in [1.165, 1.54) is 19.3 Å². The summed E-state index contributed by atoms with van der Waals surface area (Å²) in [6.07, 6.45) is 4.68. The maximum atomic E-state index is 11.5. The summed E-state index contributed by atoms with van der Waals surface area (Å²) in [5, 5.41) is 8.62. The Morgan fingerprint density at radius 2 is 1.90 bits per heavy atom. The Bertz CT molecular complexity index is 553. The van der Waals surface area contributed by atoms with Crippen LogP contribution in [0, 0.1) is 13.8 Å². The lowest BCUT2D eigenvalue weighted by Gasteiger charge is -2.19. The first-order valence-corrected chi connectivity index (χ1v) is 8.71. The van der Waals surface area contributed by atoms with Gasteiger partial charge in [0.15, 0.2) is 0 Å². The van der Waals surface area contributed by atoms with Crippen LogP contribution in [0.3, 0.4) is 0 Å². The molecule has 0 aliphatic heterocycles. The van der Waals surface area contributed by atoms with Gasteiger partial charge < -0.3 is 5.32 Å². The molecule has 3 N–H and O–H groups in total. The molecule has 0 aromatic heterocycles. The van der Waals surface area contributed by atoms with Crippen LogP contribution < -0.4 is 10.5 Å². The third-order valence-electron chi connectivity index (χ3n) is 3.61. The summed E-state index contributed by atoms with van der Waals surface area (Å²) >= 11 is 0. The van der Waals surface area contributed by atoms with Crippen LogP contribution in [0.25, 0.3) is 0 Å². The first kappa shape index (κ1) is 17.0. The van der Waals surface area contributed by atoms with Gasteiger partial charge in [0.1, 0.15) is 0 Å². The highest BCUT2D eigenvalue weighted by atomic mass is 32.2. The molecule has 0 heterocycles. The molecule has 0 aliphatic rings. The minimum absolute atomic E-state index is 0.170. The van der Waals surface area contributed by atoms with Crippen LogP contribution in [-0.2, 0) is 10.0 Å². The molecule has 1 rings (SSSR count). The fourth-order valence-electron chi connectivity index (χ4n) is 2.18. The highest BCUT2D eigenvalue weighted by molar-refractivity contribution is 7.89. The highest BCUT2D eigenvalue weighted by Gasteiger charge is 2.13. The molecule has 5 heteroatoms. The van der Waals surface area contributed by atoms with E-state index in [0.29, 0.717) is 6.04 Å². The van der Waals surface area contributed by atoms with E-state index in [1.807, 2.05) is 13.8 Å². The Hall–Kier alpha value is -1.07. The zero-order valence-corrected chi connectivity index (χ0v) is 13.7. The van der Waals surface area contributed by atoms with Crippen molar-refractivity contribution in [3.8, 4) is 0 Å². The fourth-order valence-corrected chi connectivity index (χ4v) is 2.80. The van der Waals surface area contributed by atoms with Gasteiger partial charge in [0, 0.05) is 11.7 Å². The Morgan fingerprint density at radius 1 is 1.25 bits per heavy atom. The molecule has 1 atom stereocenters. The summed E-state index contributed by atoms with van der Waals surface area (Å²) in [5.74, 6) is 0. The number of aryl methyl sites for hydroxylation is 1. The van der Waals surface area contributed by atoms with E-state index in [9.17, 15) is 8.42 Å². The fraction of sp³-hybridized carbons (Fsp3) is 0.600. The van der Waals surface area contributed by atoms with Crippen molar-refractivity contribution in [2.24, 2.45) is 5.14 Å². The Morgan fingerprint density at radius 3 is 2.45 bits per heavy atom. The normalized spacial score (nSPS) is 13.2. The van der Waals surface area contributed by atoms with Crippen molar-refractivity contribution in [3.05, 3.63) is 23.3 Å². The summed E-state index contributed by atoms with van der Waals surface area (Å²) in [4.78, 5) is 0.170. The minimum Gasteiger partial charge on any atom is -0.382 e. The molecule has 4 nitrogen and oxygen atoms in total. The van der Waals surface area contributed by atoms with Gasteiger partial charge >= 0.3 is 0 Å². The van der Waals surface area contributed by atoms with Gasteiger partial charge in [-0.25, -0.2) is 13.6 Å². The van der Waals surface area contributed by atoms with Gasteiger partial charge in [0.25, 0.3) is 0 Å². The van der Waals surface area contributed by atoms with Crippen LogP contribution in [0.5, 0.6) is 0 Å². The molecular weight excluding hydrogens is 272 g/mol. The molecule has 0 bridgehead atoms. The molecule has 0 saturated carbocycles. The average molecular weight is 298 g/mol. The van der Waals surface area contributed by atoms with Crippen LogP contribution in [0.2, 0.25) is 0 Å². The predicted octanol–water partition coefficient (Wildman–Crippen LogP) is 3.33. The number of nitrogens with one attached hydrogen (secondary N) is 1. The number of sulfonamides is 1. The molecule has 20 heavy (non-hydrogen) atoms. The third kappa shape index (κ3) is 4.80. The predicted molar refractivity (Wildman–Crippen MR) is 84.5 cm³/mol. The molecule has 0 radical (unpaired) electrons. The second-order valence-corrected chi connectivity index (χ2v) is 7.06. The van der Waals surface area contributed by atoms with Crippen molar-refractivity contribution in [3.63, 3.8) is 0 Å². The highest BCUT2D eigenvalue weighted by Crippen LogP contribution is 2.24. The van der Waals surface area contributed by atoms with Gasteiger partial charge in [-0.05, 0) is 50.5 Å². The maximum Gasteiger partial charge on any atom is 0.238 e. The second-order valence-electron chi connectivity index (χ2n) is 5.50. The first-order valence-electron chi connectivity index (χ1n) is 7.16.